The number of benzene rings is 3. The standard InChI is InChI=1S/C86H124N18O21/c1-2-30-109-35-40-114-44-39-113-34-29-93-85(108)104-86(23-19-70(105)4-3-31-110-36-41-115-45-48-118-52-55-122-58-66-9-13-68(14-10-66)60-124-80-76-78(96-62-94-76)100-83(88)102-80,24-20-73(106)90-27-32-111-37-42-116-46-49-119-51-54-121-57-65-7-5-64(6-8-65)17-18-71-75-72(22-26-92-75)99-82(87)98-71)25-21-74(107)91-28-33-112-38-43-117-47-50-120-53-56-123-59-67-11-15-69(16-12-67)61-125-81-77-79(97-63-95-77)101-84(89)103-81/h5-16,26,62-63H,2-4,17-25,27-61H2,1H3,(H,90,106)(H,91,107)(H2,87,98,99)(H2,93,104,108)(H3,88,94,96,100,102)(H3,89,95,97,101,103). The van der Waals surface area contributed by atoms with E-state index in [0.717, 1.165) is 64.2 Å². The number of ether oxygens (including phenoxy) is 17. The predicted molar refractivity (Wildman–Crippen MR) is 462 cm³/mol. The van der Waals surface area contributed by atoms with Gasteiger partial charge in [0.15, 0.2) is 11.3 Å². The molecular formula is C86H124N18O21. The number of carbonyl (C=O) groups is 4. The van der Waals surface area contributed by atoms with Gasteiger partial charge in [-0.15, -0.1) is 0 Å². The number of aromatic nitrogens is 10. The van der Waals surface area contributed by atoms with Crippen LogP contribution in [0.2, 0.25) is 0 Å². The van der Waals surface area contributed by atoms with E-state index in [0.29, 0.717) is 219 Å². The molecule has 1 unspecified atom stereocenters. The number of hydrogen-bond donors (Lipinski definition) is 9. The number of nitrogens with zero attached hydrogens (tertiary/aromatic N) is 9. The molecule has 5 aromatic heterocycles. The van der Waals surface area contributed by atoms with E-state index >= 15 is 0 Å². The molecule has 8 aromatic rings. The number of carbonyl (C=O) groups excluding carboxylic acids is 4. The van der Waals surface area contributed by atoms with Crippen LogP contribution in [0.1, 0.15) is 109 Å². The Morgan fingerprint density at radius 1 is 0.384 bits per heavy atom. The molecule has 6 heterocycles. The second-order valence-corrected chi connectivity index (χ2v) is 28.9. The normalized spacial score (nSPS) is 12.3. The fourth-order valence-corrected chi connectivity index (χ4v) is 12.6. The van der Waals surface area contributed by atoms with Crippen molar-refractivity contribution < 1.29 is 99.7 Å². The molecule has 0 aliphatic carbocycles. The number of imidazole rings is 2. The topological polar surface area (TPSA) is 498 Å². The van der Waals surface area contributed by atoms with E-state index in [1.54, 1.807) is 0 Å². The van der Waals surface area contributed by atoms with Crippen molar-refractivity contribution >= 4 is 75.7 Å². The summed E-state index contributed by atoms with van der Waals surface area (Å²) in [7, 11) is 0. The van der Waals surface area contributed by atoms with Gasteiger partial charge in [0.2, 0.25) is 41.4 Å². The second kappa shape index (κ2) is 59.6. The van der Waals surface area contributed by atoms with Crippen LogP contribution in [0.15, 0.2) is 90.4 Å². The summed E-state index contributed by atoms with van der Waals surface area (Å²) < 4.78 is 97.5. The van der Waals surface area contributed by atoms with Gasteiger partial charge >= 0.3 is 6.03 Å². The number of rotatable bonds is 73. The monoisotopic (exact) mass is 1740 g/mol. The summed E-state index contributed by atoms with van der Waals surface area (Å²) in [6.07, 6.45) is 8.94. The fourth-order valence-electron chi connectivity index (χ4n) is 12.6. The molecule has 125 heavy (non-hydrogen) atoms. The number of aryl methyl sites for hydroxylation is 2. The van der Waals surface area contributed by atoms with Crippen molar-refractivity contribution in [2.75, 3.05) is 215 Å². The number of amides is 4. The van der Waals surface area contributed by atoms with Crippen LogP contribution in [0.5, 0.6) is 11.8 Å². The molecule has 1 aliphatic heterocycles. The van der Waals surface area contributed by atoms with Crippen LogP contribution in [0.25, 0.3) is 22.3 Å². The number of aromatic amines is 2. The Kier molecular flexibility index (Phi) is 47.0. The van der Waals surface area contributed by atoms with Crippen molar-refractivity contribution in [3.05, 3.63) is 130 Å². The lowest BCUT2D eigenvalue weighted by Gasteiger charge is -2.35. The molecule has 684 valence electrons. The quantitative estimate of drug-likeness (QED) is 0.0189. The molecule has 0 spiro atoms. The first-order chi connectivity index (χ1) is 61.4. The van der Waals surface area contributed by atoms with Crippen molar-refractivity contribution in [1.82, 2.24) is 71.1 Å². The van der Waals surface area contributed by atoms with Gasteiger partial charge < -0.3 is 129 Å². The molecule has 0 saturated carbocycles. The SMILES string of the molecule is CCCOCCOCCOCCNC(=O)NC(CCC(=O)CCCOCCOCCOCCOCc1ccc(COc2nc(N)nc3nc[nH]c23)cc1)(CCC(=O)NCCOCCOCCOCCOCc1ccc(CCc2nc(N)nc3c2N=CC3)cc1)CCC(=O)NCCOCCOCCOCCOCc1ccc(COc2nc(N)nc3nc[nH]c23)cc1. The molecule has 0 saturated heterocycles. The van der Waals surface area contributed by atoms with Crippen molar-refractivity contribution in [1.29, 1.82) is 0 Å². The average molecular weight is 1750 g/mol. The first kappa shape index (κ1) is 98.6. The number of Topliss-reactive ketones (excluding diaryl/α,β-unsaturated/α-hetero) is 1. The third-order valence-corrected chi connectivity index (χ3v) is 19.1. The predicted octanol–water partition coefficient (Wildman–Crippen LogP) is 6.28. The number of nitrogens with two attached hydrogens (primary N) is 3. The van der Waals surface area contributed by atoms with E-state index in [1.807, 2.05) is 61.7 Å². The highest BCUT2D eigenvalue weighted by molar-refractivity contribution is 5.81. The van der Waals surface area contributed by atoms with Gasteiger partial charge in [0.1, 0.15) is 35.7 Å². The first-order valence-corrected chi connectivity index (χ1v) is 42.7. The lowest BCUT2D eigenvalue weighted by molar-refractivity contribution is -0.121. The van der Waals surface area contributed by atoms with Crippen LogP contribution in [0.4, 0.5) is 28.3 Å². The molecule has 4 amide bonds. The molecule has 1 atom stereocenters. The minimum Gasteiger partial charge on any atom is -0.471 e. The average Bonchev–Trinajstić information content (AvgIpc) is 1.71. The highest BCUT2D eigenvalue weighted by Gasteiger charge is 2.34. The van der Waals surface area contributed by atoms with Crippen LogP contribution >= 0.6 is 0 Å². The highest BCUT2D eigenvalue weighted by atomic mass is 16.6. The zero-order valence-electron chi connectivity index (χ0n) is 71.7. The van der Waals surface area contributed by atoms with E-state index in [4.69, 9.17) is 97.7 Å². The van der Waals surface area contributed by atoms with Crippen LogP contribution in [-0.4, -0.2) is 283 Å². The summed E-state index contributed by atoms with van der Waals surface area (Å²) in [5.41, 5.74) is 27.1. The van der Waals surface area contributed by atoms with Gasteiger partial charge in [-0.25, -0.2) is 24.7 Å². The number of anilines is 3. The number of nitrogen functional groups attached to an aromatic ring is 3. The molecule has 0 bridgehead atoms. The smallest absolute Gasteiger partial charge is 0.315 e. The Balaban J connectivity index is 0.644. The number of ketones is 1. The van der Waals surface area contributed by atoms with Crippen molar-refractivity contribution in [3.63, 3.8) is 0 Å². The third-order valence-electron chi connectivity index (χ3n) is 19.1. The Morgan fingerprint density at radius 3 is 1.17 bits per heavy atom. The van der Waals surface area contributed by atoms with Gasteiger partial charge in [-0.2, -0.15) is 19.9 Å². The van der Waals surface area contributed by atoms with E-state index < -0.39 is 11.6 Å². The highest BCUT2D eigenvalue weighted by Crippen LogP contribution is 2.30. The van der Waals surface area contributed by atoms with Gasteiger partial charge in [0.05, 0.1) is 209 Å². The number of H-pyrrole nitrogens is 2. The Hall–Kier alpha value is -10.2. The Morgan fingerprint density at radius 2 is 0.744 bits per heavy atom. The third kappa shape index (κ3) is 40.3. The van der Waals surface area contributed by atoms with Crippen LogP contribution in [0.3, 0.4) is 0 Å². The van der Waals surface area contributed by atoms with Gasteiger partial charge in [0, 0.05) is 76.7 Å². The second-order valence-electron chi connectivity index (χ2n) is 28.9. The van der Waals surface area contributed by atoms with Crippen LogP contribution in [0, 0.1) is 0 Å². The van der Waals surface area contributed by atoms with E-state index in [1.165, 1.54) is 18.2 Å². The van der Waals surface area contributed by atoms with Crippen LogP contribution < -0.4 is 47.9 Å². The van der Waals surface area contributed by atoms with E-state index in [9.17, 15) is 19.2 Å². The zero-order chi connectivity index (χ0) is 87.7. The molecular weight excluding hydrogens is 1620 g/mol. The summed E-state index contributed by atoms with van der Waals surface area (Å²) in [6.45, 7) is 14.1. The van der Waals surface area contributed by atoms with Crippen molar-refractivity contribution in [3.8, 4) is 11.8 Å². The van der Waals surface area contributed by atoms with Gasteiger partial charge in [-0.05, 0) is 78.3 Å². The maximum absolute atomic E-state index is 13.9. The zero-order valence-corrected chi connectivity index (χ0v) is 71.7. The molecule has 0 radical (unpaired) electrons. The summed E-state index contributed by atoms with van der Waals surface area (Å²) >= 11 is 0. The fraction of sp³-hybridized carbons (Fsp3) is 0.570. The summed E-state index contributed by atoms with van der Waals surface area (Å²) in [5, 5.41) is 11.8. The lowest BCUT2D eigenvalue weighted by atomic mass is 9.82. The summed E-state index contributed by atoms with van der Waals surface area (Å²) in [6, 6.07) is 23.5. The Labute approximate surface area is 728 Å². The van der Waals surface area contributed by atoms with E-state index in [-0.39, 0.29) is 140 Å². The number of fused-ring (bicyclic) bond motifs is 3. The molecule has 0 fully saturated rings. The Bertz CT molecular complexity index is 4200. The van der Waals surface area contributed by atoms with Gasteiger partial charge in [-0.3, -0.25) is 19.4 Å². The summed E-state index contributed by atoms with van der Waals surface area (Å²) in [4.78, 5) is 98.7. The molecule has 3 aromatic carbocycles. The van der Waals surface area contributed by atoms with Crippen molar-refractivity contribution in [2.24, 2.45) is 4.99 Å². The first-order valence-electron chi connectivity index (χ1n) is 42.7. The van der Waals surface area contributed by atoms with Gasteiger partial charge in [-0.1, -0.05) is 79.7 Å². The molecule has 1 aliphatic rings. The largest absolute Gasteiger partial charge is 0.471 e. The molecule has 9 rings (SSSR count). The number of aliphatic imine (C=N–C) groups is 1. The number of hydrogen-bond acceptors (Lipinski definition) is 33. The maximum Gasteiger partial charge on any atom is 0.315 e. The number of urea groups is 1. The summed E-state index contributed by atoms with van der Waals surface area (Å²) in [5.74, 6) is 0.412. The number of nitrogens with one attached hydrogen (secondary N) is 6. The molecule has 39 nitrogen and oxygen atoms in total. The van der Waals surface area contributed by atoms with Gasteiger partial charge in [0.25, 0.3) is 0 Å². The minimum atomic E-state index is -1.18. The van der Waals surface area contributed by atoms with E-state index in [2.05, 4.69) is 100 Å². The van der Waals surface area contributed by atoms with Crippen molar-refractivity contribution in [2.45, 2.75) is 123 Å². The van der Waals surface area contributed by atoms with Crippen LogP contribution in [-0.2, 0) is 138 Å². The molecule has 12 N–H and O–H groups in total. The minimum absolute atomic E-state index is 0.0384. The molecule has 39 heteroatoms. The maximum atomic E-state index is 13.9. The lowest BCUT2D eigenvalue weighted by Crippen LogP contribution is -2.53.